The van der Waals surface area contributed by atoms with Gasteiger partial charge in [0.2, 0.25) is 5.95 Å². The number of anilines is 1. The van der Waals surface area contributed by atoms with Gasteiger partial charge in [0.15, 0.2) is 0 Å². The molecule has 0 saturated carbocycles. The smallest absolute Gasteiger partial charge is 0.272 e. The maximum Gasteiger partial charge on any atom is 0.272 e. The van der Waals surface area contributed by atoms with E-state index in [1.54, 1.807) is 11.0 Å². The number of likely N-dealkylation sites (tertiary alicyclic amines) is 1. The van der Waals surface area contributed by atoms with Crippen LogP contribution in [0.1, 0.15) is 33.7 Å². The van der Waals surface area contributed by atoms with Crippen molar-refractivity contribution >= 4 is 11.9 Å². The van der Waals surface area contributed by atoms with E-state index in [2.05, 4.69) is 9.97 Å². The minimum atomic E-state index is -1.02. The number of aromatic nitrogens is 2. The third-order valence-electron chi connectivity index (χ3n) is 5.48. The van der Waals surface area contributed by atoms with Crippen molar-refractivity contribution in [2.45, 2.75) is 25.9 Å². The van der Waals surface area contributed by atoms with Crippen molar-refractivity contribution in [3.05, 3.63) is 52.8 Å². The fourth-order valence-electron chi connectivity index (χ4n) is 3.80. The molecule has 0 aliphatic carbocycles. The van der Waals surface area contributed by atoms with Crippen molar-refractivity contribution in [3.8, 4) is 0 Å². The molecule has 0 radical (unpaired) electrons. The van der Waals surface area contributed by atoms with Gasteiger partial charge in [0, 0.05) is 25.3 Å². The summed E-state index contributed by atoms with van der Waals surface area (Å²) in [6, 6.07) is 9.57. The first-order chi connectivity index (χ1) is 13.4. The highest BCUT2D eigenvalue weighted by Crippen LogP contribution is 2.32. The second kappa shape index (κ2) is 7.48. The maximum absolute atomic E-state index is 13.1. The molecule has 0 unspecified atom stereocenters. The van der Waals surface area contributed by atoms with Crippen LogP contribution in [0, 0.1) is 13.8 Å². The first-order valence-corrected chi connectivity index (χ1v) is 9.72. The summed E-state index contributed by atoms with van der Waals surface area (Å²) in [6.45, 7) is 7.36. The van der Waals surface area contributed by atoms with Gasteiger partial charge in [-0.05, 0) is 31.9 Å². The van der Waals surface area contributed by atoms with E-state index in [1.165, 1.54) is 0 Å². The Morgan fingerprint density at radius 3 is 2.54 bits per heavy atom. The van der Waals surface area contributed by atoms with Gasteiger partial charge in [-0.15, -0.1) is 0 Å². The third-order valence-corrected chi connectivity index (χ3v) is 5.48. The molecule has 7 nitrogen and oxygen atoms in total. The van der Waals surface area contributed by atoms with Crippen molar-refractivity contribution in [2.24, 2.45) is 0 Å². The standard InChI is InChI=1S/C21H26N4O3/c1-15-3-5-17(6-4-15)21(27)7-8-25(14-21)19(26)18-13-16(2)22-20(23-18)24-9-11-28-12-10-24/h3-6,13,27H,7-12,14H2,1-2H3/t21-/m1/s1. The topological polar surface area (TPSA) is 78.8 Å². The number of morpholine rings is 1. The Balaban J connectivity index is 1.53. The SMILES string of the molecule is Cc1ccc([C@@]2(O)CCN(C(=O)c3cc(C)nc(N4CCOCC4)n3)C2)cc1. The van der Waals surface area contributed by atoms with E-state index in [9.17, 15) is 9.90 Å². The van der Waals surface area contributed by atoms with Gasteiger partial charge in [-0.2, -0.15) is 0 Å². The summed E-state index contributed by atoms with van der Waals surface area (Å²) in [5.41, 5.74) is 2.11. The molecular weight excluding hydrogens is 356 g/mol. The zero-order valence-electron chi connectivity index (χ0n) is 16.4. The summed E-state index contributed by atoms with van der Waals surface area (Å²) in [5.74, 6) is 0.405. The Morgan fingerprint density at radius 1 is 1.11 bits per heavy atom. The Labute approximate surface area is 165 Å². The number of hydrogen-bond acceptors (Lipinski definition) is 6. The molecule has 2 aromatic rings. The molecule has 2 saturated heterocycles. The molecule has 2 aliphatic rings. The second-order valence-corrected chi connectivity index (χ2v) is 7.67. The molecule has 1 aromatic carbocycles. The Morgan fingerprint density at radius 2 is 1.82 bits per heavy atom. The van der Waals surface area contributed by atoms with Crippen LogP contribution < -0.4 is 4.90 Å². The highest BCUT2D eigenvalue weighted by molar-refractivity contribution is 5.93. The summed E-state index contributed by atoms with van der Waals surface area (Å²) < 4.78 is 5.38. The van der Waals surface area contributed by atoms with E-state index in [1.807, 2.05) is 43.0 Å². The number of benzene rings is 1. The van der Waals surface area contributed by atoms with Crippen LogP contribution in [0.5, 0.6) is 0 Å². The van der Waals surface area contributed by atoms with Gasteiger partial charge in [0.25, 0.3) is 5.91 Å². The molecule has 2 aliphatic heterocycles. The van der Waals surface area contributed by atoms with E-state index in [0.717, 1.165) is 16.8 Å². The van der Waals surface area contributed by atoms with Gasteiger partial charge < -0.3 is 19.6 Å². The maximum atomic E-state index is 13.1. The molecule has 7 heteroatoms. The van der Waals surface area contributed by atoms with E-state index in [4.69, 9.17) is 4.74 Å². The van der Waals surface area contributed by atoms with Gasteiger partial charge in [0.1, 0.15) is 11.3 Å². The lowest BCUT2D eigenvalue weighted by Crippen LogP contribution is -2.38. The van der Waals surface area contributed by atoms with Crippen molar-refractivity contribution in [1.29, 1.82) is 0 Å². The number of β-amino-alcohol motifs (C(OH)–C–C–N with tert-alkyl or cyclic N) is 1. The molecule has 4 rings (SSSR count). The van der Waals surface area contributed by atoms with Gasteiger partial charge in [-0.25, -0.2) is 9.97 Å². The number of hydrogen-bond donors (Lipinski definition) is 1. The predicted molar refractivity (Wildman–Crippen MR) is 105 cm³/mol. The van der Waals surface area contributed by atoms with Gasteiger partial charge in [-0.1, -0.05) is 29.8 Å². The zero-order chi connectivity index (χ0) is 19.7. The van der Waals surface area contributed by atoms with Crippen molar-refractivity contribution in [2.75, 3.05) is 44.3 Å². The highest BCUT2D eigenvalue weighted by Gasteiger charge is 2.40. The zero-order valence-corrected chi connectivity index (χ0v) is 16.4. The number of carbonyl (C=O) groups is 1. The minimum Gasteiger partial charge on any atom is -0.383 e. The van der Waals surface area contributed by atoms with E-state index < -0.39 is 5.60 Å². The number of nitrogens with zero attached hydrogens (tertiary/aromatic N) is 4. The summed E-state index contributed by atoms with van der Waals surface area (Å²) >= 11 is 0. The summed E-state index contributed by atoms with van der Waals surface area (Å²) in [4.78, 5) is 25.8. The van der Waals surface area contributed by atoms with E-state index in [0.29, 0.717) is 50.9 Å². The van der Waals surface area contributed by atoms with Crippen molar-refractivity contribution in [1.82, 2.24) is 14.9 Å². The van der Waals surface area contributed by atoms with Crippen LogP contribution >= 0.6 is 0 Å². The third kappa shape index (κ3) is 3.72. The molecule has 0 spiro atoms. The quantitative estimate of drug-likeness (QED) is 0.870. The van der Waals surface area contributed by atoms with Gasteiger partial charge >= 0.3 is 0 Å². The molecular formula is C21H26N4O3. The molecule has 28 heavy (non-hydrogen) atoms. The number of aryl methyl sites for hydroxylation is 2. The van der Waals surface area contributed by atoms with E-state index in [-0.39, 0.29) is 12.5 Å². The van der Waals surface area contributed by atoms with Gasteiger partial charge in [-0.3, -0.25) is 4.79 Å². The summed E-state index contributed by atoms with van der Waals surface area (Å²) in [7, 11) is 0. The lowest BCUT2D eigenvalue weighted by molar-refractivity contribution is 0.0415. The van der Waals surface area contributed by atoms with Crippen molar-refractivity contribution < 1.29 is 14.6 Å². The Hall–Kier alpha value is -2.51. The monoisotopic (exact) mass is 382 g/mol. The van der Waals surface area contributed by atoms with Crippen LogP contribution in [0.25, 0.3) is 0 Å². The lowest BCUT2D eigenvalue weighted by Gasteiger charge is -2.27. The number of ether oxygens (including phenoxy) is 1. The lowest BCUT2D eigenvalue weighted by atomic mass is 9.92. The fraction of sp³-hybridized carbons (Fsp3) is 0.476. The average molecular weight is 382 g/mol. The van der Waals surface area contributed by atoms with E-state index >= 15 is 0 Å². The Kier molecular flexibility index (Phi) is 5.03. The predicted octanol–water partition coefficient (Wildman–Crippen LogP) is 1.66. The average Bonchev–Trinajstić information content (AvgIpc) is 3.11. The number of aliphatic hydroxyl groups is 1. The second-order valence-electron chi connectivity index (χ2n) is 7.67. The van der Waals surface area contributed by atoms with Crippen LogP contribution in [0.15, 0.2) is 30.3 Å². The molecule has 1 amide bonds. The Bertz CT molecular complexity index is 864. The van der Waals surface area contributed by atoms with Crippen LogP contribution in [0.3, 0.4) is 0 Å². The van der Waals surface area contributed by atoms with Gasteiger partial charge in [0.05, 0.1) is 19.8 Å². The normalized spacial score (nSPS) is 22.5. The first kappa shape index (κ1) is 18.8. The number of carbonyl (C=O) groups excluding carboxylic acids is 1. The molecule has 2 fully saturated rings. The van der Waals surface area contributed by atoms with Crippen LogP contribution in [0.2, 0.25) is 0 Å². The molecule has 1 atom stereocenters. The number of rotatable bonds is 3. The largest absolute Gasteiger partial charge is 0.383 e. The number of amides is 1. The van der Waals surface area contributed by atoms with Crippen LogP contribution in [0.4, 0.5) is 5.95 Å². The molecule has 148 valence electrons. The molecule has 3 heterocycles. The summed E-state index contributed by atoms with van der Waals surface area (Å²) in [5, 5.41) is 11.1. The molecule has 0 bridgehead atoms. The fourth-order valence-corrected chi connectivity index (χ4v) is 3.80. The molecule has 1 aromatic heterocycles. The summed E-state index contributed by atoms with van der Waals surface area (Å²) in [6.07, 6.45) is 0.516. The highest BCUT2D eigenvalue weighted by atomic mass is 16.5. The van der Waals surface area contributed by atoms with Crippen LogP contribution in [-0.4, -0.2) is 65.3 Å². The van der Waals surface area contributed by atoms with Crippen molar-refractivity contribution in [3.63, 3.8) is 0 Å². The van der Waals surface area contributed by atoms with Crippen LogP contribution in [-0.2, 0) is 10.3 Å². The molecule has 1 N–H and O–H groups in total. The minimum absolute atomic E-state index is 0.164. The first-order valence-electron chi connectivity index (χ1n) is 9.72.